The smallest absolute Gasteiger partial charge is 0.0921 e. The highest BCUT2D eigenvalue weighted by molar-refractivity contribution is 5.26. The van der Waals surface area contributed by atoms with E-state index in [2.05, 4.69) is 36.1 Å². The maximum absolute atomic E-state index is 10.1. The lowest BCUT2D eigenvalue weighted by atomic mass is 9.47. The predicted octanol–water partition coefficient (Wildman–Crippen LogP) is 4.82. The molecule has 0 amide bonds. The average molecular weight is 341 g/mol. The molecule has 0 spiro atoms. The number of aliphatic hydroxyl groups excluding tert-OH is 1. The number of rotatable bonds is 1. The van der Waals surface area contributed by atoms with Crippen molar-refractivity contribution >= 4 is 0 Å². The summed E-state index contributed by atoms with van der Waals surface area (Å²) in [5, 5.41) is 10.1. The number of allylic oxidation sites excluding steroid dienone is 1. The Labute approximate surface area is 151 Å². The van der Waals surface area contributed by atoms with Gasteiger partial charge in [-0.15, -0.1) is 0 Å². The molecule has 5 rings (SSSR count). The zero-order valence-electron chi connectivity index (χ0n) is 15.7. The number of aromatic nitrogens is 2. The molecule has 3 saturated carbocycles. The number of aliphatic hydroxyl groups is 1. The van der Waals surface area contributed by atoms with Gasteiger partial charge in [0.05, 0.1) is 12.4 Å². The number of nitrogens with one attached hydrogen (secondary N) is 1. The Hall–Kier alpha value is -1.09. The molecule has 0 radical (unpaired) electrons. The quantitative estimate of drug-likeness (QED) is 0.720. The second kappa shape index (κ2) is 5.45. The van der Waals surface area contributed by atoms with Gasteiger partial charge in [-0.3, -0.25) is 0 Å². The van der Waals surface area contributed by atoms with Crippen LogP contribution >= 0.6 is 0 Å². The fourth-order valence-corrected chi connectivity index (χ4v) is 7.61. The first kappa shape index (κ1) is 16.1. The van der Waals surface area contributed by atoms with Crippen molar-refractivity contribution in [2.45, 2.75) is 77.2 Å². The van der Waals surface area contributed by atoms with Crippen molar-refractivity contribution in [1.29, 1.82) is 0 Å². The van der Waals surface area contributed by atoms with E-state index in [4.69, 9.17) is 0 Å². The lowest BCUT2D eigenvalue weighted by Gasteiger charge is -2.58. The van der Waals surface area contributed by atoms with E-state index < -0.39 is 0 Å². The highest BCUT2D eigenvalue weighted by Crippen LogP contribution is 2.67. The zero-order chi connectivity index (χ0) is 17.2. The van der Waals surface area contributed by atoms with Gasteiger partial charge in [0.15, 0.2) is 0 Å². The molecule has 0 unspecified atom stereocenters. The lowest BCUT2D eigenvalue weighted by molar-refractivity contribution is -0.0412. The maximum Gasteiger partial charge on any atom is 0.0921 e. The van der Waals surface area contributed by atoms with E-state index in [1.54, 1.807) is 5.57 Å². The summed E-state index contributed by atoms with van der Waals surface area (Å²) in [5.74, 6) is 3.18. The van der Waals surface area contributed by atoms with Crippen molar-refractivity contribution in [1.82, 2.24) is 9.97 Å². The first-order valence-corrected chi connectivity index (χ1v) is 10.4. The minimum atomic E-state index is -0.0963. The molecule has 1 heterocycles. The van der Waals surface area contributed by atoms with Crippen LogP contribution in [0.3, 0.4) is 0 Å². The largest absolute Gasteiger partial charge is 0.393 e. The molecule has 1 aromatic heterocycles. The molecule has 136 valence electrons. The first-order chi connectivity index (χ1) is 12.0. The van der Waals surface area contributed by atoms with Gasteiger partial charge in [0, 0.05) is 17.8 Å². The third kappa shape index (κ3) is 2.17. The van der Waals surface area contributed by atoms with Crippen molar-refractivity contribution < 1.29 is 5.11 Å². The molecule has 7 atom stereocenters. The minimum absolute atomic E-state index is 0.0963. The minimum Gasteiger partial charge on any atom is -0.393 e. The predicted molar refractivity (Wildman–Crippen MR) is 99.0 cm³/mol. The van der Waals surface area contributed by atoms with Gasteiger partial charge in [0.1, 0.15) is 0 Å². The molecule has 3 fully saturated rings. The normalized spacial score (nSPS) is 49.1. The topological polar surface area (TPSA) is 48.9 Å². The standard InChI is InChI=1S/C22H32N2O/c1-21-9-7-15(25)11-14(21)3-4-16-17-5-6-19(20-12-23-13-24-20)22(17,2)10-8-18(16)21/h3,12-13,15-19,25H,4-11H2,1-2H3,(H,23,24)/t15-,16-,17-,18-,19-,21-,22-/m0/s1. The Bertz CT molecular complexity index is 680. The maximum atomic E-state index is 10.1. The summed E-state index contributed by atoms with van der Waals surface area (Å²) in [4.78, 5) is 7.72. The van der Waals surface area contributed by atoms with Crippen molar-refractivity contribution in [2.24, 2.45) is 28.6 Å². The Morgan fingerprint density at radius 2 is 2.00 bits per heavy atom. The van der Waals surface area contributed by atoms with Gasteiger partial charge in [-0.2, -0.15) is 0 Å². The van der Waals surface area contributed by atoms with Crippen molar-refractivity contribution in [3.8, 4) is 0 Å². The molecule has 25 heavy (non-hydrogen) atoms. The third-order valence-corrected chi connectivity index (χ3v) is 8.97. The number of imidazole rings is 1. The molecule has 0 aromatic carbocycles. The van der Waals surface area contributed by atoms with Gasteiger partial charge < -0.3 is 10.1 Å². The Morgan fingerprint density at radius 3 is 2.80 bits per heavy atom. The van der Waals surface area contributed by atoms with Gasteiger partial charge in [-0.1, -0.05) is 25.5 Å². The molecule has 0 saturated heterocycles. The highest BCUT2D eigenvalue weighted by atomic mass is 16.3. The molecule has 2 N–H and O–H groups in total. The number of aromatic amines is 1. The molecular weight excluding hydrogens is 308 g/mol. The van der Waals surface area contributed by atoms with Crippen LogP contribution in [-0.4, -0.2) is 21.2 Å². The van der Waals surface area contributed by atoms with Gasteiger partial charge >= 0.3 is 0 Å². The summed E-state index contributed by atoms with van der Waals surface area (Å²) in [7, 11) is 0. The number of H-pyrrole nitrogens is 1. The molecule has 4 aliphatic carbocycles. The second-order valence-corrected chi connectivity index (χ2v) is 9.84. The molecule has 3 heteroatoms. The van der Waals surface area contributed by atoms with Crippen LogP contribution in [-0.2, 0) is 0 Å². The van der Waals surface area contributed by atoms with Crippen LogP contribution < -0.4 is 0 Å². The van der Waals surface area contributed by atoms with E-state index in [0.29, 0.717) is 16.7 Å². The molecule has 0 aliphatic heterocycles. The fraction of sp³-hybridized carbons (Fsp3) is 0.773. The number of hydrogen-bond acceptors (Lipinski definition) is 2. The van der Waals surface area contributed by atoms with Gasteiger partial charge in [-0.25, -0.2) is 4.98 Å². The van der Waals surface area contributed by atoms with Gasteiger partial charge in [-0.05, 0) is 80.0 Å². The van der Waals surface area contributed by atoms with Crippen LogP contribution in [0, 0.1) is 28.6 Å². The molecule has 0 bridgehead atoms. The summed E-state index contributed by atoms with van der Waals surface area (Å²) in [5.41, 5.74) is 3.74. The number of fused-ring (bicyclic) bond motifs is 5. The highest BCUT2D eigenvalue weighted by Gasteiger charge is 2.58. The third-order valence-electron chi connectivity index (χ3n) is 8.97. The molecular formula is C22H32N2O. The summed E-state index contributed by atoms with van der Waals surface area (Å²) in [6.07, 6.45) is 16.1. The van der Waals surface area contributed by atoms with Crippen LogP contribution in [0.1, 0.15) is 76.8 Å². The molecule has 1 aromatic rings. The van der Waals surface area contributed by atoms with Crippen LogP contribution in [0.4, 0.5) is 0 Å². The Balaban J connectivity index is 1.47. The first-order valence-electron chi connectivity index (χ1n) is 10.4. The number of hydrogen-bond donors (Lipinski definition) is 2. The van der Waals surface area contributed by atoms with Gasteiger partial charge in [0.2, 0.25) is 0 Å². The van der Waals surface area contributed by atoms with Crippen LogP contribution in [0.15, 0.2) is 24.2 Å². The fourth-order valence-electron chi connectivity index (χ4n) is 7.61. The van der Waals surface area contributed by atoms with Crippen molar-refractivity contribution in [3.63, 3.8) is 0 Å². The molecule has 4 aliphatic rings. The summed E-state index contributed by atoms with van der Waals surface area (Å²) in [6.45, 7) is 5.09. The van der Waals surface area contributed by atoms with E-state index in [1.165, 1.54) is 44.2 Å². The van der Waals surface area contributed by atoms with Crippen molar-refractivity contribution in [2.75, 3.05) is 0 Å². The van der Waals surface area contributed by atoms with Crippen molar-refractivity contribution in [3.05, 3.63) is 29.9 Å². The summed E-state index contributed by atoms with van der Waals surface area (Å²) < 4.78 is 0. The van der Waals surface area contributed by atoms with Crippen LogP contribution in [0.25, 0.3) is 0 Å². The summed E-state index contributed by atoms with van der Waals surface area (Å²) >= 11 is 0. The van der Waals surface area contributed by atoms with Gasteiger partial charge in [0.25, 0.3) is 0 Å². The van der Waals surface area contributed by atoms with E-state index in [9.17, 15) is 5.11 Å². The Kier molecular flexibility index (Phi) is 3.51. The van der Waals surface area contributed by atoms with E-state index in [0.717, 1.165) is 30.6 Å². The SMILES string of the molecule is C[C@]12CC[C@H]3[C@@H](CC=C4C[C@@H](O)CC[C@@]43C)[C@@H]1CC[C@H]2c1cnc[nH]1. The van der Waals surface area contributed by atoms with Crippen LogP contribution in [0.5, 0.6) is 0 Å². The van der Waals surface area contributed by atoms with Crippen LogP contribution in [0.2, 0.25) is 0 Å². The summed E-state index contributed by atoms with van der Waals surface area (Å²) in [6, 6.07) is 0. The zero-order valence-corrected chi connectivity index (χ0v) is 15.7. The Morgan fingerprint density at radius 1 is 1.12 bits per heavy atom. The average Bonchev–Trinajstić information content (AvgIpc) is 3.22. The van der Waals surface area contributed by atoms with E-state index in [-0.39, 0.29) is 6.10 Å². The lowest BCUT2D eigenvalue weighted by Crippen LogP contribution is -2.50. The monoisotopic (exact) mass is 340 g/mol. The number of nitrogens with zero attached hydrogens (tertiary/aromatic N) is 1. The van der Waals surface area contributed by atoms with E-state index in [1.807, 2.05) is 6.33 Å². The van der Waals surface area contributed by atoms with E-state index >= 15 is 0 Å². The second-order valence-electron chi connectivity index (χ2n) is 9.84. The molecule has 3 nitrogen and oxygen atoms in total.